The third kappa shape index (κ3) is 4.71. The number of amides is 1. The molecule has 0 saturated carbocycles. The summed E-state index contributed by atoms with van der Waals surface area (Å²) in [6.07, 6.45) is 1.72. The van der Waals surface area contributed by atoms with E-state index in [2.05, 4.69) is 32.2 Å². The number of hydrogen-bond donors (Lipinski definition) is 1. The molecule has 23 heavy (non-hydrogen) atoms. The highest BCUT2D eigenvalue weighted by Crippen LogP contribution is 2.26. The molecular formula is C19H30N2O2. The number of rotatable bonds is 4. The van der Waals surface area contributed by atoms with Gasteiger partial charge in [-0.05, 0) is 49.9 Å². The summed E-state index contributed by atoms with van der Waals surface area (Å²) >= 11 is 0. The number of nitrogens with zero attached hydrogens (tertiary/aromatic N) is 1. The van der Waals surface area contributed by atoms with Crippen molar-refractivity contribution in [2.45, 2.75) is 58.1 Å². The number of nitrogens with one attached hydrogen (secondary N) is 1. The Morgan fingerprint density at radius 1 is 1.39 bits per heavy atom. The van der Waals surface area contributed by atoms with Crippen molar-refractivity contribution in [1.29, 1.82) is 0 Å². The summed E-state index contributed by atoms with van der Waals surface area (Å²) in [6, 6.07) is 8.44. The molecule has 0 radical (unpaired) electrons. The fourth-order valence-electron chi connectivity index (χ4n) is 2.96. The smallest absolute Gasteiger partial charge is 0.263 e. The SMILES string of the molecule is CNC1CCCN(C(=O)C(C)Oc2cccc(C(C)(C)C)c2)C1. The van der Waals surface area contributed by atoms with Crippen LogP contribution in [0, 0.1) is 0 Å². The second kappa shape index (κ2) is 7.35. The van der Waals surface area contributed by atoms with Crippen LogP contribution in [0.3, 0.4) is 0 Å². The van der Waals surface area contributed by atoms with E-state index in [0.29, 0.717) is 6.04 Å². The molecule has 4 heteroatoms. The minimum atomic E-state index is -0.458. The van der Waals surface area contributed by atoms with Crippen LogP contribution in [0.15, 0.2) is 24.3 Å². The Kier molecular flexibility index (Phi) is 5.69. The third-order valence-electron chi connectivity index (χ3n) is 4.50. The van der Waals surface area contributed by atoms with Gasteiger partial charge in [-0.2, -0.15) is 0 Å². The first-order valence-corrected chi connectivity index (χ1v) is 8.54. The van der Waals surface area contributed by atoms with Crippen LogP contribution < -0.4 is 10.1 Å². The zero-order chi connectivity index (χ0) is 17.0. The lowest BCUT2D eigenvalue weighted by molar-refractivity contribution is -0.139. The van der Waals surface area contributed by atoms with E-state index in [1.165, 1.54) is 5.56 Å². The highest BCUT2D eigenvalue weighted by Gasteiger charge is 2.27. The Morgan fingerprint density at radius 2 is 2.13 bits per heavy atom. The molecule has 1 aromatic carbocycles. The lowest BCUT2D eigenvalue weighted by atomic mass is 9.87. The molecule has 2 atom stereocenters. The monoisotopic (exact) mass is 318 g/mol. The summed E-state index contributed by atoms with van der Waals surface area (Å²) in [5.41, 5.74) is 1.28. The van der Waals surface area contributed by atoms with Crippen molar-refractivity contribution >= 4 is 5.91 Å². The standard InChI is InChI=1S/C19H30N2O2/c1-14(18(22)21-11-7-9-16(13-21)20-5)23-17-10-6-8-15(12-17)19(2,3)4/h6,8,10,12,14,16,20H,7,9,11,13H2,1-5H3. The van der Waals surface area contributed by atoms with Gasteiger partial charge in [-0.25, -0.2) is 0 Å². The molecule has 1 fully saturated rings. The second-order valence-corrected chi connectivity index (χ2v) is 7.45. The minimum Gasteiger partial charge on any atom is -0.481 e. The molecule has 1 aliphatic heterocycles. The number of carbonyl (C=O) groups is 1. The first kappa shape index (κ1) is 17.8. The average molecular weight is 318 g/mol. The maximum absolute atomic E-state index is 12.6. The van der Waals surface area contributed by atoms with Gasteiger partial charge >= 0.3 is 0 Å². The molecule has 1 saturated heterocycles. The maximum Gasteiger partial charge on any atom is 0.263 e. The fourth-order valence-corrected chi connectivity index (χ4v) is 2.96. The quantitative estimate of drug-likeness (QED) is 0.928. The van der Waals surface area contributed by atoms with Crippen molar-refractivity contribution in [3.8, 4) is 5.75 Å². The van der Waals surface area contributed by atoms with Crippen molar-refractivity contribution in [3.05, 3.63) is 29.8 Å². The van der Waals surface area contributed by atoms with E-state index in [1.807, 2.05) is 37.1 Å². The normalized spacial score (nSPS) is 20.2. The van der Waals surface area contributed by atoms with Crippen LogP contribution in [0.4, 0.5) is 0 Å². The molecule has 128 valence electrons. The molecule has 2 rings (SSSR count). The molecule has 1 heterocycles. The highest BCUT2D eigenvalue weighted by atomic mass is 16.5. The van der Waals surface area contributed by atoms with E-state index in [-0.39, 0.29) is 11.3 Å². The first-order chi connectivity index (χ1) is 10.8. The molecule has 1 aliphatic rings. The van der Waals surface area contributed by atoms with Crippen LogP contribution in [0.25, 0.3) is 0 Å². The lowest BCUT2D eigenvalue weighted by Gasteiger charge is -2.34. The summed E-state index contributed by atoms with van der Waals surface area (Å²) in [4.78, 5) is 14.5. The van der Waals surface area contributed by atoms with Crippen LogP contribution >= 0.6 is 0 Å². The molecule has 0 bridgehead atoms. The minimum absolute atomic E-state index is 0.0690. The zero-order valence-electron chi connectivity index (χ0n) is 15.1. The predicted octanol–water partition coefficient (Wildman–Crippen LogP) is 2.96. The van der Waals surface area contributed by atoms with E-state index in [9.17, 15) is 4.79 Å². The van der Waals surface area contributed by atoms with Gasteiger partial charge in [0.2, 0.25) is 0 Å². The van der Waals surface area contributed by atoms with Gasteiger partial charge in [0.15, 0.2) is 6.10 Å². The molecule has 0 aromatic heterocycles. The van der Waals surface area contributed by atoms with Crippen molar-refractivity contribution in [3.63, 3.8) is 0 Å². The summed E-state index contributed by atoms with van der Waals surface area (Å²) in [6.45, 7) is 9.96. The molecule has 4 nitrogen and oxygen atoms in total. The molecular weight excluding hydrogens is 288 g/mol. The van der Waals surface area contributed by atoms with E-state index in [0.717, 1.165) is 31.7 Å². The molecule has 0 spiro atoms. The number of piperidine rings is 1. The number of hydrogen-bond acceptors (Lipinski definition) is 3. The lowest BCUT2D eigenvalue weighted by Crippen LogP contribution is -2.50. The van der Waals surface area contributed by atoms with Gasteiger partial charge in [-0.1, -0.05) is 32.9 Å². The third-order valence-corrected chi connectivity index (χ3v) is 4.50. The number of ether oxygens (including phenoxy) is 1. The molecule has 1 amide bonds. The van der Waals surface area contributed by atoms with E-state index in [4.69, 9.17) is 4.74 Å². The first-order valence-electron chi connectivity index (χ1n) is 8.54. The van der Waals surface area contributed by atoms with E-state index in [1.54, 1.807) is 0 Å². The Hall–Kier alpha value is -1.55. The maximum atomic E-state index is 12.6. The summed E-state index contributed by atoms with van der Waals surface area (Å²) in [5, 5.41) is 3.27. The van der Waals surface area contributed by atoms with Crippen LogP contribution in [0.5, 0.6) is 5.75 Å². The van der Waals surface area contributed by atoms with Gasteiger partial charge in [0.25, 0.3) is 5.91 Å². The van der Waals surface area contributed by atoms with Gasteiger partial charge in [0, 0.05) is 19.1 Å². The number of likely N-dealkylation sites (tertiary alicyclic amines) is 1. The van der Waals surface area contributed by atoms with Crippen LogP contribution in [0.1, 0.15) is 46.1 Å². The van der Waals surface area contributed by atoms with E-state index >= 15 is 0 Å². The molecule has 0 aliphatic carbocycles. The van der Waals surface area contributed by atoms with Gasteiger partial charge in [0.05, 0.1) is 0 Å². The predicted molar refractivity (Wildman–Crippen MR) is 93.9 cm³/mol. The molecule has 1 N–H and O–H groups in total. The zero-order valence-corrected chi connectivity index (χ0v) is 15.1. The molecule has 2 unspecified atom stereocenters. The van der Waals surface area contributed by atoms with Gasteiger partial charge < -0.3 is 15.0 Å². The van der Waals surface area contributed by atoms with E-state index < -0.39 is 6.10 Å². The Labute approximate surface area is 140 Å². The Morgan fingerprint density at radius 3 is 2.78 bits per heavy atom. The Bertz CT molecular complexity index is 536. The van der Waals surface area contributed by atoms with Crippen LogP contribution in [0.2, 0.25) is 0 Å². The number of benzene rings is 1. The second-order valence-electron chi connectivity index (χ2n) is 7.45. The summed E-state index contributed by atoms with van der Waals surface area (Å²) in [5.74, 6) is 0.839. The average Bonchev–Trinajstić information content (AvgIpc) is 2.53. The summed E-state index contributed by atoms with van der Waals surface area (Å²) in [7, 11) is 1.95. The summed E-state index contributed by atoms with van der Waals surface area (Å²) < 4.78 is 5.92. The van der Waals surface area contributed by atoms with Gasteiger partial charge in [0.1, 0.15) is 5.75 Å². The molecule has 1 aromatic rings. The largest absolute Gasteiger partial charge is 0.481 e. The van der Waals surface area contributed by atoms with Gasteiger partial charge in [-0.15, -0.1) is 0 Å². The van der Waals surface area contributed by atoms with Crippen molar-refractivity contribution in [2.24, 2.45) is 0 Å². The van der Waals surface area contributed by atoms with Crippen LogP contribution in [-0.4, -0.2) is 43.1 Å². The van der Waals surface area contributed by atoms with Crippen molar-refractivity contribution in [2.75, 3.05) is 20.1 Å². The topological polar surface area (TPSA) is 41.6 Å². The fraction of sp³-hybridized carbons (Fsp3) is 0.632. The highest BCUT2D eigenvalue weighted by molar-refractivity contribution is 5.81. The Balaban J connectivity index is 2.01. The van der Waals surface area contributed by atoms with Crippen molar-refractivity contribution in [1.82, 2.24) is 10.2 Å². The number of carbonyl (C=O) groups excluding carboxylic acids is 1. The number of likely N-dealkylation sites (N-methyl/N-ethyl adjacent to an activating group) is 1. The van der Waals surface area contributed by atoms with Crippen molar-refractivity contribution < 1.29 is 9.53 Å². The van der Waals surface area contributed by atoms with Crippen LogP contribution in [-0.2, 0) is 10.2 Å². The van der Waals surface area contributed by atoms with Gasteiger partial charge in [-0.3, -0.25) is 4.79 Å².